The monoisotopic (exact) mass is 289 g/mol. The molecule has 1 aliphatic heterocycles. The van der Waals surface area contributed by atoms with Crippen molar-refractivity contribution < 1.29 is 24.9 Å². The Kier molecular flexibility index (Phi) is 7.45. The van der Waals surface area contributed by atoms with Gasteiger partial charge in [0.25, 0.3) is 0 Å². The molecule has 8 nitrogen and oxygen atoms in total. The lowest BCUT2D eigenvalue weighted by Crippen LogP contribution is -2.40. The second-order valence-corrected chi connectivity index (χ2v) is 4.91. The third-order valence-corrected chi connectivity index (χ3v) is 3.33. The fourth-order valence-corrected chi connectivity index (χ4v) is 2.25. The minimum atomic E-state index is -0.886. The molecule has 0 aromatic heterocycles. The molecule has 0 aliphatic carbocycles. The van der Waals surface area contributed by atoms with Crippen LogP contribution in [0.4, 0.5) is 0 Å². The van der Waals surface area contributed by atoms with Gasteiger partial charge in [-0.15, -0.1) is 0 Å². The van der Waals surface area contributed by atoms with Gasteiger partial charge in [0.2, 0.25) is 0 Å². The van der Waals surface area contributed by atoms with Crippen LogP contribution in [0, 0.1) is 0 Å². The van der Waals surface area contributed by atoms with Crippen LogP contribution >= 0.6 is 0 Å². The first kappa shape index (κ1) is 16.8. The van der Waals surface area contributed by atoms with Gasteiger partial charge in [0.05, 0.1) is 19.7 Å². The number of carbonyl (C=O) groups is 2. The van der Waals surface area contributed by atoms with E-state index in [9.17, 15) is 9.59 Å². The van der Waals surface area contributed by atoms with E-state index >= 15 is 0 Å². The van der Waals surface area contributed by atoms with Crippen molar-refractivity contribution in [2.24, 2.45) is 0 Å². The summed E-state index contributed by atoms with van der Waals surface area (Å²) >= 11 is 0. The Bertz CT molecular complexity index is 298. The predicted octanol–water partition coefficient (Wildman–Crippen LogP) is -1.93. The zero-order chi connectivity index (χ0) is 15.0. The van der Waals surface area contributed by atoms with Gasteiger partial charge in [-0.05, 0) is 0 Å². The van der Waals surface area contributed by atoms with E-state index in [4.69, 9.17) is 15.3 Å². The molecule has 0 aromatic carbocycles. The summed E-state index contributed by atoms with van der Waals surface area (Å²) in [5, 5.41) is 26.8. The average molecular weight is 289 g/mol. The summed E-state index contributed by atoms with van der Waals surface area (Å²) in [6.07, 6.45) is 0. The number of carboxylic acid groups (broad SMARTS) is 2. The molecule has 20 heavy (non-hydrogen) atoms. The molecule has 3 N–H and O–H groups in total. The third kappa shape index (κ3) is 6.80. The maximum absolute atomic E-state index is 10.8. The molecule has 0 unspecified atom stereocenters. The van der Waals surface area contributed by atoms with E-state index in [-0.39, 0.29) is 19.7 Å². The number of aliphatic carboxylic acids is 2. The molecule has 0 bridgehead atoms. The standard InChI is InChI=1S/C12H23N3O5/c16-8-7-13-1-3-14(9-11(17)18)5-6-15(4-2-13)10-12(19)20/h16H,1-10H2,(H,17,18)(H,19,20). The summed E-state index contributed by atoms with van der Waals surface area (Å²) < 4.78 is 0. The zero-order valence-corrected chi connectivity index (χ0v) is 11.6. The smallest absolute Gasteiger partial charge is 0.317 e. The normalized spacial score (nSPS) is 20.1. The van der Waals surface area contributed by atoms with Gasteiger partial charge in [0, 0.05) is 45.8 Å². The van der Waals surface area contributed by atoms with Gasteiger partial charge >= 0.3 is 11.9 Å². The molecule has 116 valence electrons. The molecule has 8 heteroatoms. The van der Waals surface area contributed by atoms with Gasteiger partial charge in [-0.1, -0.05) is 0 Å². The van der Waals surface area contributed by atoms with Crippen LogP contribution in [0.5, 0.6) is 0 Å². The van der Waals surface area contributed by atoms with Crippen molar-refractivity contribution in [3.63, 3.8) is 0 Å². The first-order valence-corrected chi connectivity index (χ1v) is 6.72. The highest BCUT2D eigenvalue weighted by Gasteiger charge is 2.18. The van der Waals surface area contributed by atoms with Gasteiger partial charge in [-0.3, -0.25) is 24.3 Å². The quantitative estimate of drug-likeness (QED) is 0.519. The van der Waals surface area contributed by atoms with Crippen LogP contribution in [0.15, 0.2) is 0 Å². The van der Waals surface area contributed by atoms with Crippen LogP contribution in [0.2, 0.25) is 0 Å². The molecule has 1 saturated heterocycles. The van der Waals surface area contributed by atoms with E-state index in [1.165, 1.54) is 0 Å². The van der Waals surface area contributed by atoms with E-state index in [1.807, 2.05) is 4.90 Å². The van der Waals surface area contributed by atoms with Gasteiger partial charge in [0.1, 0.15) is 0 Å². The number of hydrogen-bond acceptors (Lipinski definition) is 6. The van der Waals surface area contributed by atoms with Crippen molar-refractivity contribution in [3.8, 4) is 0 Å². The van der Waals surface area contributed by atoms with Crippen LogP contribution < -0.4 is 0 Å². The van der Waals surface area contributed by atoms with Crippen molar-refractivity contribution in [3.05, 3.63) is 0 Å². The Morgan fingerprint density at radius 1 is 0.750 bits per heavy atom. The summed E-state index contributed by atoms with van der Waals surface area (Å²) in [7, 11) is 0. The topological polar surface area (TPSA) is 105 Å². The zero-order valence-electron chi connectivity index (χ0n) is 11.6. The molecule has 1 aliphatic rings. The summed E-state index contributed by atoms with van der Waals surface area (Å²) in [5.41, 5.74) is 0. The lowest BCUT2D eigenvalue weighted by Gasteiger charge is -2.24. The molecule has 1 fully saturated rings. The molecule has 0 aromatic rings. The third-order valence-electron chi connectivity index (χ3n) is 3.33. The number of nitrogens with zero attached hydrogens (tertiary/aromatic N) is 3. The van der Waals surface area contributed by atoms with Crippen molar-refractivity contribution in [1.29, 1.82) is 0 Å². The number of aliphatic hydroxyl groups excluding tert-OH is 1. The highest BCUT2D eigenvalue weighted by molar-refractivity contribution is 5.69. The van der Waals surface area contributed by atoms with Gasteiger partial charge < -0.3 is 15.3 Å². The van der Waals surface area contributed by atoms with Gasteiger partial charge in [-0.2, -0.15) is 0 Å². The first-order valence-electron chi connectivity index (χ1n) is 6.72. The average Bonchev–Trinajstić information content (AvgIpc) is 2.43. The minimum Gasteiger partial charge on any atom is -0.480 e. The van der Waals surface area contributed by atoms with Crippen molar-refractivity contribution in [1.82, 2.24) is 14.7 Å². The molecule has 0 spiro atoms. The molecule has 1 heterocycles. The predicted molar refractivity (Wildman–Crippen MR) is 71.7 cm³/mol. The van der Waals surface area contributed by atoms with Gasteiger partial charge in [-0.25, -0.2) is 0 Å². The highest BCUT2D eigenvalue weighted by Crippen LogP contribution is 2.00. The Balaban J connectivity index is 2.62. The lowest BCUT2D eigenvalue weighted by atomic mass is 10.4. The summed E-state index contributed by atoms with van der Waals surface area (Å²) in [4.78, 5) is 27.3. The van der Waals surface area contributed by atoms with Gasteiger partial charge in [0.15, 0.2) is 0 Å². The van der Waals surface area contributed by atoms with Crippen molar-refractivity contribution in [2.45, 2.75) is 0 Å². The molecule has 0 saturated carbocycles. The van der Waals surface area contributed by atoms with Crippen LogP contribution in [-0.2, 0) is 9.59 Å². The first-order chi connectivity index (χ1) is 9.51. The fourth-order valence-electron chi connectivity index (χ4n) is 2.25. The van der Waals surface area contributed by atoms with E-state index in [0.717, 1.165) is 0 Å². The Hall–Kier alpha value is -1.22. The lowest BCUT2D eigenvalue weighted by molar-refractivity contribution is -0.140. The molecular weight excluding hydrogens is 266 g/mol. The summed E-state index contributed by atoms with van der Waals surface area (Å²) in [6, 6.07) is 0. The number of hydrogen-bond donors (Lipinski definition) is 3. The Morgan fingerprint density at radius 2 is 1.10 bits per heavy atom. The molecule has 0 amide bonds. The summed E-state index contributed by atoms with van der Waals surface area (Å²) in [5.74, 6) is -1.77. The summed E-state index contributed by atoms with van der Waals surface area (Å²) in [6.45, 7) is 4.09. The highest BCUT2D eigenvalue weighted by atomic mass is 16.4. The Morgan fingerprint density at radius 3 is 1.40 bits per heavy atom. The number of carboxylic acids is 2. The Labute approximate surface area is 118 Å². The maximum atomic E-state index is 10.8. The second kappa shape index (κ2) is 8.85. The minimum absolute atomic E-state index is 0.0395. The largest absolute Gasteiger partial charge is 0.480 e. The number of rotatable bonds is 6. The van der Waals surface area contributed by atoms with Crippen molar-refractivity contribution >= 4 is 11.9 Å². The number of β-amino-alcohol motifs (C(OH)–C–C–N with tert-alkyl or cyclic N) is 1. The molecule has 0 atom stereocenters. The van der Waals surface area contributed by atoms with E-state index < -0.39 is 11.9 Å². The fraction of sp³-hybridized carbons (Fsp3) is 0.833. The number of aliphatic hydroxyl groups is 1. The SMILES string of the molecule is O=C(O)CN1CCN(CCO)CCN(CC(=O)O)CC1. The van der Waals surface area contributed by atoms with E-state index in [2.05, 4.69) is 0 Å². The van der Waals surface area contributed by atoms with Crippen molar-refractivity contribution in [2.75, 3.05) is 65.5 Å². The molecule has 1 rings (SSSR count). The van der Waals surface area contributed by atoms with Crippen LogP contribution in [0.1, 0.15) is 0 Å². The van der Waals surface area contributed by atoms with Crippen LogP contribution in [-0.4, -0.2) is 107 Å². The van der Waals surface area contributed by atoms with Crippen LogP contribution in [0.3, 0.4) is 0 Å². The maximum Gasteiger partial charge on any atom is 0.317 e. The van der Waals surface area contributed by atoms with E-state index in [1.54, 1.807) is 9.80 Å². The molecule has 0 radical (unpaired) electrons. The van der Waals surface area contributed by atoms with Crippen LogP contribution in [0.25, 0.3) is 0 Å². The van der Waals surface area contributed by atoms with E-state index in [0.29, 0.717) is 45.8 Å². The second-order valence-electron chi connectivity index (χ2n) is 4.91. The molecular formula is C12H23N3O5.